The molecule has 96 valence electrons. The molecule has 0 amide bonds. The van der Waals surface area contributed by atoms with Crippen LogP contribution in [0.2, 0.25) is 0 Å². The van der Waals surface area contributed by atoms with Crippen LogP contribution in [0.5, 0.6) is 11.5 Å². The number of nitrogens with zero attached hydrogens (tertiary/aromatic N) is 2. The van der Waals surface area contributed by atoms with Crippen molar-refractivity contribution in [1.82, 2.24) is 15.5 Å². The minimum atomic E-state index is 0.200. The van der Waals surface area contributed by atoms with E-state index in [1.54, 1.807) is 26.2 Å². The number of nitrogens with one attached hydrogen (secondary N) is 1. The number of aromatic hydroxyl groups is 1. The summed E-state index contributed by atoms with van der Waals surface area (Å²) >= 11 is 0. The third-order valence-corrected chi connectivity index (χ3v) is 2.46. The maximum atomic E-state index is 9.75. The molecule has 1 heterocycles. The number of phenols is 1. The molecule has 0 unspecified atom stereocenters. The molecule has 0 saturated heterocycles. The Balaban J connectivity index is 1.90. The fourth-order valence-corrected chi connectivity index (χ4v) is 1.54. The van der Waals surface area contributed by atoms with E-state index in [9.17, 15) is 5.11 Å². The van der Waals surface area contributed by atoms with Crippen molar-refractivity contribution in [2.75, 3.05) is 7.11 Å². The fourth-order valence-electron chi connectivity index (χ4n) is 1.54. The molecule has 1 aromatic heterocycles. The summed E-state index contributed by atoms with van der Waals surface area (Å²) in [6.45, 7) is 2.75. The van der Waals surface area contributed by atoms with Crippen molar-refractivity contribution in [3.63, 3.8) is 0 Å². The zero-order valence-corrected chi connectivity index (χ0v) is 10.3. The van der Waals surface area contributed by atoms with Crippen LogP contribution in [0, 0.1) is 6.92 Å². The third-order valence-electron chi connectivity index (χ3n) is 2.46. The summed E-state index contributed by atoms with van der Waals surface area (Å²) in [6.07, 6.45) is 0. The van der Waals surface area contributed by atoms with Crippen LogP contribution in [-0.2, 0) is 13.1 Å². The minimum Gasteiger partial charge on any atom is -0.507 e. The summed E-state index contributed by atoms with van der Waals surface area (Å²) in [5.41, 5.74) is 0.788. The van der Waals surface area contributed by atoms with Crippen LogP contribution >= 0.6 is 0 Å². The van der Waals surface area contributed by atoms with Crippen molar-refractivity contribution in [3.8, 4) is 11.5 Å². The molecule has 0 atom stereocenters. The highest BCUT2D eigenvalue weighted by Crippen LogP contribution is 2.23. The van der Waals surface area contributed by atoms with Crippen LogP contribution in [0.3, 0.4) is 0 Å². The number of rotatable bonds is 5. The Kier molecular flexibility index (Phi) is 3.78. The van der Waals surface area contributed by atoms with E-state index in [2.05, 4.69) is 15.5 Å². The second kappa shape index (κ2) is 5.50. The van der Waals surface area contributed by atoms with E-state index in [1.165, 1.54) is 0 Å². The second-order valence-electron chi connectivity index (χ2n) is 3.83. The van der Waals surface area contributed by atoms with Gasteiger partial charge < -0.3 is 19.7 Å². The van der Waals surface area contributed by atoms with Gasteiger partial charge in [0.05, 0.1) is 13.7 Å². The number of hydrogen-bond donors (Lipinski definition) is 2. The Hall–Kier alpha value is -2.08. The van der Waals surface area contributed by atoms with Gasteiger partial charge in [-0.3, -0.25) is 0 Å². The molecule has 0 fully saturated rings. The van der Waals surface area contributed by atoms with Crippen molar-refractivity contribution in [2.45, 2.75) is 20.0 Å². The molecule has 18 heavy (non-hydrogen) atoms. The number of methoxy groups -OCH3 is 1. The van der Waals surface area contributed by atoms with Gasteiger partial charge in [0.1, 0.15) is 11.5 Å². The molecule has 1 aromatic carbocycles. The lowest BCUT2D eigenvalue weighted by atomic mass is 10.2. The lowest BCUT2D eigenvalue weighted by Crippen LogP contribution is -2.13. The van der Waals surface area contributed by atoms with E-state index in [-0.39, 0.29) is 5.75 Å². The van der Waals surface area contributed by atoms with E-state index >= 15 is 0 Å². The standard InChI is InChI=1S/C12H15N3O3/c1-8-14-12(15-18-8)7-13-6-9-3-4-10(17-2)5-11(9)16/h3-5,13,16H,6-7H2,1-2H3. The number of phenolic OH excluding ortho intramolecular Hbond substituents is 1. The van der Waals surface area contributed by atoms with E-state index in [0.717, 1.165) is 5.56 Å². The topological polar surface area (TPSA) is 80.4 Å². The predicted molar refractivity (Wildman–Crippen MR) is 64.2 cm³/mol. The predicted octanol–water partition coefficient (Wildman–Crippen LogP) is 1.38. The van der Waals surface area contributed by atoms with Gasteiger partial charge in [0.2, 0.25) is 5.89 Å². The molecule has 2 rings (SSSR count). The molecule has 0 bridgehead atoms. The molecule has 0 saturated carbocycles. The van der Waals surface area contributed by atoms with E-state index in [4.69, 9.17) is 9.26 Å². The Labute approximate surface area is 105 Å². The molecule has 0 aliphatic rings. The van der Waals surface area contributed by atoms with Crippen LogP contribution in [0.25, 0.3) is 0 Å². The summed E-state index contributed by atoms with van der Waals surface area (Å²) in [6, 6.07) is 5.19. The highest BCUT2D eigenvalue weighted by molar-refractivity contribution is 5.39. The third kappa shape index (κ3) is 2.98. The molecule has 0 aliphatic carbocycles. The summed E-state index contributed by atoms with van der Waals surface area (Å²) in [5.74, 6) is 1.97. The molecule has 0 aliphatic heterocycles. The summed E-state index contributed by atoms with van der Waals surface area (Å²) < 4.78 is 9.87. The summed E-state index contributed by atoms with van der Waals surface area (Å²) in [5, 5.41) is 16.6. The van der Waals surface area contributed by atoms with Gasteiger partial charge in [-0.25, -0.2) is 0 Å². The first-order chi connectivity index (χ1) is 8.69. The largest absolute Gasteiger partial charge is 0.507 e. The molecule has 6 heteroatoms. The monoisotopic (exact) mass is 249 g/mol. The van der Waals surface area contributed by atoms with E-state index in [1.807, 2.05) is 6.07 Å². The molecule has 0 radical (unpaired) electrons. The lowest BCUT2D eigenvalue weighted by molar-refractivity contribution is 0.385. The van der Waals surface area contributed by atoms with Gasteiger partial charge in [0.15, 0.2) is 5.82 Å². The average Bonchev–Trinajstić information content (AvgIpc) is 2.77. The summed E-state index contributed by atoms with van der Waals surface area (Å²) in [7, 11) is 1.56. The number of ether oxygens (including phenoxy) is 1. The normalized spacial score (nSPS) is 10.6. The second-order valence-corrected chi connectivity index (χ2v) is 3.83. The smallest absolute Gasteiger partial charge is 0.223 e. The van der Waals surface area contributed by atoms with Gasteiger partial charge in [-0.1, -0.05) is 11.2 Å². The van der Waals surface area contributed by atoms with Gasteiger partial charge in [-0.15, -0.1) is 0 Å². The van der Waals surface area contributed by atoms with Gasteiger partial charge in [-0.2, -0.15) is 4.98 Å². The van der Waals surface area contributed by atoms with Crippen molar-refractivity contribution in [2.24, 2.45) is 0 Å². The zero-order valence-electron chi connectivity index (χ0n) is 10.3. The first-order valence-corrected chi connectivity index (χ1v) is 5.55. The van der Waals surface area contributed by atoms with Crippen molar-refractivity contribution in [1.29, 1.82) is 0 Å². The Morgan fingerprint density at radius 3 is 2.83 bits per heavy atom. The van der Waals surface area contributed by atoms with Crippen molar-refractivity contribution in [3.05, 3.63) is 35.5 Å². The van der Waals surface area contributed by atoms with E-state index < -0.39 is 0 Å². The lowest BCUT2D eigenvalue weighted by Gasteiger charge is -2.07. The van der Waals surface area contributed by atoms with Crippen LogP contribution < -0.4 is 10.1 Å². The first kappa shape index (κ1) is 12.4. The SMILES string of the molecule is COc1ccc(CNCc2noc(C)n2)c(O)c1. The number of hydrogen-bond acceptors (Lipinski definition) is 6. The van der Waals surface area contributed by atoms with Crippen LogP contribution in [0.4, 0.5) is 0 Å². The molecular formula is C12H15N3O3. The molecule has 0 spiro atoms. The Bertz CT molecular complexity index is 525. The fraction of sp³-hybridized carbons (Fsp3) is 0.333. The van der Waals surface area contributed by atoms with Crippen molar-refractivity contribution < 1.29 is 14.4 Å². The maximum absolute atomic E-state index is 9.75. The van der Waals surface area contributed by atoms with Crippen molar-refractivity contribution >= 4 is 0 Å². The van der Waals surface area contributed by atoms with Gasteiger partial charge >= 0.3 is 0 Å². The maximum Gasteiger partial charge on any atom is 0.223 e. The van der Waals surface area contributed by atoms with Gasteiger partial charge in [0, 0.05) is 25.1 Å². The minimum absolute atomic E-state index is 0.200. The number of benzene rings is 1. The Morgan fingerprint density at radius 2 is 2.22 bits per heavy atom. The molecule has 6 nitrogen and oxygen atoms in total. The van der Waals surface area contributed by atoms with E-state index in [0.29, 0.717) is 30.6 Å². The number of aryl methyl sites for hydroxylation is 1. The molecule has 2 N–H and O–H groups in total. The van der Waals surface area contributed by atoms with Crippen LogP contribution in [0.1, 0.15) is 17.3 Å². The highest BCUT2D eigenvalue weighted by Gasteiger charge is 2.05. The zero-order chi connectivity index (χ0) is 13.0. The Morgan fingerprint density at radius 1 is 1.39 bits per heavy atom. The number of aromatic nitrogens is 2. The quantitative estimate of drug-likeness (QED) is 0.833. The first-order valence-electron chi connectivity index (χ1n) is 5.55. The van der Waals surface area contributed by atoms with Gasteiger partial charge in [-0.05, 0) is 6.07 Å². The summed E-state index contributed by atoms with van der Waals surface area (Å²) in [4.78, 5) is 4.07. The van der Waals surface area contributed by atoms with Crippen LogP contribution in [0.15, 0.2) is 22.7 Å². The highest BCUT2D eigenvalue weighted by atomic mass is 16.5. The average molecular weight is 249 g/mol. The molecular weight excluding hydrogens is 234 g/mol. The van der Waals surface area contributed by atoms with Gasteiger partial charge in [0.25, 0.3) is 0 Å². The molecule has 2 aromatic rings. The van der Waals surface area contributed by atoms with Crippen LogP contribution in [-0.4, -0.2) is 22.4 Å².